The Labute approximate surface area is 120 Å². The second-order valence-electron chi connectivity index (χ2n) is 5.60. The van der Waals surface area contributed by atoms with Crippen LogP contribution in [0.5, 0.6) is 11.5 Å². The van der Waals surface area contributed by atoms with Crippen molar-refractivity contribution in [1.82, 2.24) is 5.32 Å². The molecule has 1 atom stereocenters. The van der Waals surface area contributed by atoms with Crippen LogP contribution in [0.15, 0.2) is 18.2 Å². The number of nitriles is 1. The number of β-amino-alcohol motifs (C(OH)–C–C–N with tert-alkyl or cyclic N) is 1. The lowest BCUT2D eigenvalue weighted by Gasteiger charge is -2.23. The van der Waals surface area contributed by atoms with Gasteiger partial charge in [0.25, 0.3) is 0 Å². The molecule has 0 aromatic heterocycles. The van der Waals surface area contributed by atoms with E-state index in [1.54, 1.807) is 18.2 Å². The zero-order valence-electron chi connectivity index (χ0n) is 12.4. The van der Waals surface area contributed by atoms with Gasteiger partial charge in [-0.05, 0) is 32.9 Å². The van der Waals surface area contributed by atoms with E-state index >= 15 is 0 Å². The van der Waals surface area contributed by atoms with E-state index < -0.39 is 6.10 Å². The van der Waals surface area contributed by atoms with Crippen molar-refractivity contribution in [1.29, 1.82) is 5.26 Å². The number of nitrogens with one attached hydrogen (secondary N) is 1. The van der Waals surface area contributed by atoms with Crippen molar-refractivity contribution in [2.75, 3.05) is 20.3 Å². The molecule has 0 radical (unpaired) electrons. The molecular weight excluding hydrogens is 256 g/mol. The van der Waals surface area contributed by atoms with Crippen LogP contribution >= 0.6 is 0 Å². The second kappa shape index (κ2) is 7.13. The number of aliphatic hydroxyl groups excluding tert-OH is 1. The highest BCUT2D eigenvalue weighted by Gasteiger charge is 2.13. The minimum Gasteiger partial charge on any atom is -0.497 e. The van der Waals surface area contributed by atoms with Gasteiger partial charge in [0.15, 0.2) is 0 Å². The van der Waals surface area contributed by atoms with Crippen LogP contribution in [0.2, 0.25) is 0 Å². The van der Waals surface area contributed by atoms with Crippen molar-refractivity contribution in [3.63, 3.8) is 0 Å². The molecule has 0 saturated carbocycles. The number of aliphatic hydroxyl groups is 1. The van der Waals surface area contributed by atoms with Gasteiger partial charge in [0, 0.05) is 18.2 Å². The van der Waals surface area contributed by atoms with Crippen molar-refractivity contribution in [2.45, 2.75) is 32.4 Å². The van der Waals surface area contributed by atoms with Crippen LogP contribution in [0, 0.1) is 11.3 Å². The van der Waals surface area contributed by atoms with E-state index in [2.05, 4.69) is 5.32 Å². The fourth-order valence-corrected chi connectivity index (χ4v) is 1.51. The molecule has 5 nitrogen and oxygen atoms in total. The fraction of sp³-hybridized carbons (Fsp3) is 0.533. The summed E-state index contributed by atoms with van der Waals surface area (Å²) >= 11 is 0. The van der Waals surface area contributed by atoms with Gasteiger partial charge in [0.05, 0.1) is 18.7 Å². The largest absolute Gasteiger partial charge is 0.497 e. The van der Waals surface area contributed by atoms with Gasteiger partial charge in [-0.2, -0.15) is 5.26 Å². The topological polar surface area (TPSA) is 74.5 Å². The van der Waals surface area contributed by atoms with Gasteiger partial charge in [-0.3, -0.25) is 0 Å². The molecule has 2 N–H and O–H groups in total. The summed E-state index contributed by atoms with van der Waals surface area (Å²) in [6.45, 7) is 6.69. The first-order chi connectivity index (χ1) is 9.34. The lowest BCUT2D eigenvalue weighted by molar-refractivity contribution is 0.0999. The lowest BCUT2D eigenvalue weighted by atomic mass is 10.1. The molecule has 0 amide bonds. The molecule has 0 spiro atoms. The first kappa shape index (κ1) is 16.3. The molecule has 0 aliphatic rings. The van der Waals surface area contributed by atoms with Crippen molar-refractivity contribution in [3.8, 4) is 17.6 Å². The maximum atomic E-state index is 9.84. The number of nitrogens with zero attached hydrogens (tertiary/aromatic N) is 1. The predicted octanol–water partition coefficient (Wildman–Crippen LogP) is 1.69. The number of benzene rings is 1. The third-order valence-corrected chi connectivity index (χ3v) is 2.56. The zero-order chi connectivity index (χ0) is 15.2. The number of hydrogen-bond donors (Lipinski definition) is 2. The maximum absolute atomic E-state index is 9.84. The molecule has 1 rings (SSSR count). The van der Waals surface area contributed by atoms with Gasteiger partial charge in [-0.15, -0.1) is 0 Å². The first-order valence-electron chi connectivity index (χ1n) is 6.49. The van der Waals surface area contributed by atoms with Gasteiger partial charge >= 0.3 is 0 Å². The molecule has 5 heteroatoms. The number of ether oxygens (including phenoxy) is 2. The Bertz CT molecular complexity index is 475. The van der Waals surface area contributed by atoms with Gasteiger partial charge in [0.1, 0.15) is 24.2 Å². The minimum absolute atomic E-state index is 0.0507. The van der Waals surface area contributed by atoms with Crippen LogP contribution in [0.1, 0.15) is 26.3 Å². The number of methoxy groups -OCH3 is 1. The highest BCUT2D eigenvalue weighted by molar-refractivity contribution is 5.43. The average Bonchev–Trinajstić information content (AvgIpc) is 2.41. The summed E-state index contributed by atoms with van der Waals surface area (Å²) in [6, 6.07) is 6.97. The van der Waals surface area contributed by atoms with Crippen LogP contribution in [-0.2, 0) is 0 Å². The summed E-state index contributed by atoms with van der Waals surface area (Å²) < 4.78 is 10.6. The normalized spacial score (nSPS) is 12.6. The molecule has 110 valence electrons. The maximum Gasteiger partial charge on any atom is 0.124 e. The standard InChI is InChI=1S/C15H22N2O3/c1-15(2,3)17-9-12(18)10-20-14-6-11(8-16)5-13(7-14)19-4/h5-7,12,17-18H,9-10H2,1-4H3. The van der Waals surface area contributed by atoms with E-state index in [-0.39, 0.29) is 12.1 Å². The molecule has 1 unspecified atom stereocenters. The highest BCUT2D eigenvalue weighted by Crippen LogP contribution is 2.22. The Morgan fingerprint density at radius 2 is 1.95 bits per heavy atom. The Morgan fingerprint density at radius 3 is 2.50 bits per heavy atom. The van der Waals surface area contributed by atoms with E-state index in [0.717, 1.165) is 0 Å². The van der Waals surface area contributed by atoms with E-state index in [4.69, 9.17) is 14.7 Å². The molecule has 1 aromatic carbocycles. The summed E-state index contributed by atoms with van der Waals surface area (Å²) in [5.41, 5.74) is 0.409. The number of rotatable bonds is 6. The molecule has 0 saturated heterocycles. The van der Waals surface area contributed by atoms with E-state index in [1.165, 1.54) is 7.11 Å². The molecule has 0 bridgehead atoms. The van der Waals surface area contributed by atoms with Crippen LogP contribution in [0.3, 0.4) is 0 Å². The highest BCUT2D eigenvalue weighted by atomic mass is 16.5. The third-order valence-electron chi connectivity index (χ3n) is 2.56. The van der Waals surface area contributed by atoms with E-state index in [0.29, 0.717) is 23.6 Å². The quantitative estimate of drug-likeness (QED) is 0.828. The smallest absolute Gasteiger partial charge is 0.124 e. The van der Waals surface area contributed by atoms with Crippen molar-refractivity contribution in [3.05, 3.63) is 23.8 Å². The zero-order valence-corrected chi connectivity index (χ0v) is 12.4. The van der Waals surface area contributed by atoms with Crippen LogP contribution < -0.4 is 14.8 Å². The summed E-state index contributed by atoms with van der Waals surface area (Å²) in [4.78, 5) is 0. The summed E-state index contributed by atoms with van der Waals surface area (Å²) in [5.74, 6) is 1.07. The third kappa shape index (κ3) is 5.91. The average molecular weight is 278 g/mol. The molecule has 0 heterocycles. The lowest BCUT2D eigenvalue weighted by Crippen LogP contribution is -2.42. The Morgan fingerprint density at radius 1 is 1.30 bits per heavy atom. The minimum atomic E-state index is -0.619. The SMILES string of the molecule is COc1cc(C#N)cc(OCC(O)CNC(C)(C)C)c1. The van der Waals surface area contributed by atoms with Crippen molar-refractivity contribution >= 4 is 0 Å². The van der Waals surface area contributed by atoms with Crippen LogP contribution in [-0.4, -0.2) is 37.0 Å². The molecule has 20 heavy (non-hydrogen) atoms. The van der Waals surface area contributed by atoms with E-state index in [1.807, 2.05) is 26.8 Å². The van der Waals surface area contributed by atoms with Gasteiger partial charge in [0.2, 0.25) is 0 Å². The summed E-state index contributed by atoms with van der Waals surface area (Å²) in [6.07, 6.45) is -0.619. The summed E-state index contributed by atoms with van der Waals surface area (Å²) in [5, 5.41) is 22.0. The summed E-state index contributed by atoms with van der Waals surface area (Å²) in [7, 11) is 1.53. The first-order valence-corrected chi connectivity index (χ1v) is 6.49. The van der Waals surface area contributed by atoms with Crippen molar-refractivity contribution in [2.24, 2.45) is 0 Å². The molecular formula is C15H22N2O3. The van der Waals surface area contributed by atoms with Crippen molar-refractivity contribution < 1.29 is 14.6 Å². The van der Waals surface area contributed by atoms with Gasteiger partial charge < -0.3 is 19.9 Å². The number of hydrogen-bond acceptors (Lipinski definition) is 5. The van der Waals surface area contributed by atoms with Gasteiger partial charge in [-0.25, -0.2) is 0 Å². The monoisotopic (exact) mass is 278 g/mol. The second-order valence-corrected chi connectivity index (χ2v) is 5.60. The Kier molecular flexibility index (Phi) is 5.81. The van der Waals surface area contributed by atoms with Gasteiger partial charge in [-0.1, -0.05) is 0 Å². The van der Waals surface area contributed by atoms with E-state index in [9.17, 15) is 5.11 Å². The Balaban J connectivity index is 2.55. The van der Waals surface area contributed by atoms with Crippen LogP contribution in [0.4, 0.5) is 0 Å². The predicted molar refractivity (Wildman–Crippen MR) is 77.0 cm³/mol. The fourth-order valence-electron chi connectivity index (χ4n) is 1.51. The molecule has 0 fully saturated rings. The molecule has 0 aliphatic heterocycles. The molecule has 0 aliphatic carbocycles. The van der Waals surface area contributed by atoms with Crippen LogP contribution in [0.25, 0.3) is 0 Å². The molecule has 1 aromatic rings. The Hall–Kier alpha value is -1.77.